The maximum Gasteiger partial charge on any atom is 0.256 e. The summed E-state index contributed by atoms with van der Waals surface area (Å²) in [5.74, 6) is -0.000711. The van der Waals surface area contributed by atoms with Gasteiger partial charge in [-0.15, -0.1) is 0 Å². The van der Waals surface area contributed by atoms with Crippen molar-refractivity contribution in [2.75, 3.05) is 32.5 Å². The second-order valence-corrected chi connectivity index (χ2v) is 11.8. The van der Waals surface area contributed by atoms with E-state index in [9.17, 15) is 13.2 Å². The number of sulfonamides is 1. The van der Waals surface area contributed by atoms with Crippen LogP contribution in [0.25, 0.3) is 11.6 Å². The van der Waals surface area contributed by atoms with E-state index >= 15 is 0 Å². The average molecular weight is 485 g/mol. The molecule has 7 nitrogen and oxygen atoms in total. The first-order valence-electron chi connectivity index (χ1n) is 12.2. The molecule has 0 atom stereocenters. The number of nitrogens with one attached hydrogen (secondary N) is 3. The molecule has 1 amide bonds. The van der Waals surface area contributed by atoms with Crippen LogP contribution >= 0.6 is 0 Å². The third-order valence-electron chi connectivity index (χ3n) is 6.53. The Bertz CT molecular complexity index is 1210. The number of aromatic amines is 1. The molecule has 0 radical (unpaired) electrons. The molecular weight excluding hydrogens is 448 g/mol. The van der Waals surface area contributed by atoms with Crippen molar-refractivity contribution in [2.24, 2.45) is 5.92 Å². The molecule has 0 bridgehead atoms. The molecule has 34 heavy (non-hydrogen) atoms. The molecule has 1 aromatic heterocycles. The molecule has 1 aliphatic heterocycles. The first-order chi connectivity index (χ1) is 16.2. The van der Waals surface area contributed by atoms with E-state index in [0.717, 1.165) is 37.9 Å². The number of H-pyrrole nitrogens is 1. The highest BCUT2D eigenvalue weighted by Gasteiger charge is 2.28. The second-order valence-electron chi connectivity index (χ2n) is 10.1. The third kappa shape index (κ3) is 5.29. The van der Waals surface area contributed by atoms with Crippen LogP contribution in [0.5, 0.6) is 0 Å². The summed E-state index contributed by atoms with van der Waals surface area (Å²) < 4.78 is 28.2. The SMILES string of the molecule is CC(C)CNS(=O)(=O)c1ccc2c(c1)/C(=C/c1[nH]c3c(c1CCCN(C)C)CCCC3)C(=O)N2. The number of hydrogen-bond acceptors (Lipinski definition) is 4. The number of nitrogens with zero attached hydrogens (tertiary/aromatic N) is 1. The minimum Gasteiger partial charge on any atom is -0.358 e. The van der Waals surface area contributed by atoms with Crippen LogP contribution in [-0.4, -0.2) is 51.4 Å². The van der Waals surface area contributed by atoms with Gasteiger partial charge in [-0.25, -0.2) is 13.1 Å². The van der Waals surface area contributed by atoms with Crippen molar-refractivity contribution in [3.8, 4) is 0 Å². The first-order valence-corrected chi connectivity index (χ1v) is 13.7. The number of benzene rings is 1. The topological polar surface area (TPSA) is 94.3 Å². The monoisotopic (exact) mass is 484 g/mol. The number of amides is 1. The number of fused-ring (bicyclic) bond motifs is 2. The summed E-state index contributed by atoms with van der Waals surface area (Å²) in [7, 11) is 0.511. The van der Waals surface area contributed by atoms with Crippen LogP contribution < -0.4 is 10.0 Å². The molecule has 2 aliphatic rings. The fourth-order valence-corrected chi connectivity index (χ4v) is 5.98. The zero-order valence-electron chi connectivity index (χ0n) is 20.6. The van der Waals surface area contributed by atoms with Gasteiger partial charge in [0, 0.05) is 29.2 Å². The van der Waals surface area contributed by atoms with Gasteiger partial charge < -0.3 is 15.2 Å². The van der Waals surface area contributed by atoms with Crippen molar-refractivity contribution in [2.45, 2.75) is 57.3 Å². The molecule has 2 aromatic rings. The van der Waals surface area contributed by atoms with Crippen LogP contribution in [0.1, 0.15) is 61.2 Å². The quantitative estimate of drug-likeness (QED) is 0.472. The lowest BCUT2D eigenvalue weighted by Gasteiger charge is -2.14. The average Bonchev–Trinajstić information content (AvgIpc) is 3.29. The van der Waals surface area contributed by atoms with Gasteiger partial charge in [0.1, 0.15) is 0 Å². The fourth-order valence-electron chi connectivity index (χ4n) is 4.74. The lowest BCUT2D eigenvalue weighted by atomic mass is 9.92. The Hall–Kier alpha value is -2.42. The Morgan fingerprint density at radius 3 is 2.68 bits per heavy atom. The second kappa shape index (κ2) is 10.1. The third-order valence-corrected chi connectivity index (χ3v) is 7.95. The number of hydrogen-bond donors (Lipinski definition) is 3. The van der Waals surface area contributed by atoms with Crippen molar-refractivity contribution < 1.29 is 13.2 Å². The maximum absolute atomic E-state index is 12.9. The summed E-state index contributed by atoms with van der Waals surface area (Å²) in [6.45, 7) is 5.29. The predicted molar refractivity (Wildman–Crippen MR) is 137 cm³/mol. The van der Waals surface area contributed by atoms with Crippen molar-refractivity contribution in [3.05, 3.63) is 46.3 Å². The van der Waals surface area contributed by atoms with Gasteiger partial charge in [-0.1, -0.05) is 13.8 Å². The summed E-state index contributed by atoms with van der Waals surface area (Å²) in [6.07, 6.45) is 8.38. The van der Waals surface area contributed by atoms with Gasteiger partial charge in [0.15, 0.2) is 0 Å². The van der Waals surface area contributed by atoms with Gasteiger partial charge in [0.25, 0.3) is 5.91 Å². The smallest absolute Gasteiger partial charge is 0.256 e. The van der Waals surface area contributed by atoms with Gasteiger partial charge >= 0.3 is 0 Å². The number of anilines is 1. The molecule has 0 unspecified atom stereocenters. The summed E-state index contributed by atoms with van der Waals surface area (Å²) >= 11 is 0. The molecule has 1 aliphatic carbocycles. The van der Waals surface area contributed by atoms with Crippen LogP contribution in [0.3, 0.4) is 0 Å². The van der Waals surface area contributed by atoms with Crippen molar-refractivity contribution in [1.82, 2.24) is 14.6 Å². The minimum absolute atomic E-state index is 0.172. The lowest BCUT2D eigenvalue weighted by molar-refractivity contribution is -0.110. The van der Waals surface area contributed by atoms with Crippen LogP contribution in [-0.2, 0) is 34.1 Å². The summed E-state index contributed by atoms with van der Waals surface area (Å²) in [5.41, 5.74) is 6.75. The highest BCUT2D eigenvalue weighted by molar-refractivity contribution is 7.89. The summed E-state index contributed by atoms with van der Waals surface area (Å²) in [6, 6.07) is 4.83. The zero-order chi connectivity index (χ0) is 24.5. The van der Waals surface area contributed by atoms with E-state index in [2.05, 4.69) is 34.0 Å². The van der Waals surface area contributed by atoms with Crippen LogP contribution in [0.15, 0.2) is 23.1 Å². The largest absolute Gasteiger partial charge is 0.358 e. The molecule has 3 N–H and O–H groups in total. The van der Waals surface area contributed by atoms with Gasteiger partial charge in [-0.05, 0) is 100 Å². The van der Waals surface area contributed by atoms with Crippen molar-refractivity contribution in [3.63, 3.8) is 0 Å². The Labute approximate surface area is 203 Å². The lowest BCUT2D eigenvalue weighted by Crippen LogP contribution is -2.27. The zero-order valence-corrected chi connectivity index (χ0v) is 21.4. The van der Waals surface area contributed by atoms with Gasteiger partial charge in [0.05, 0.1) is 10.5 Å². The number of carbonyl (C=O) groups is 1. The molecule has 1 aromatic carbocycles. The van der Waals surface area contributed by atoms with Crippen LogP contribution in [0.2, 0.25) is 0 Å². The van der Waals surface area contributed by atoms with Crippen LogP contribution in [0, 0.1) is 5.92 Å². The normalized spacial score (nSPS) is 16.9. The predicted octanol–water partition coefficient (Wildman–Crippen LogP) is 3.81. The van der Waals surface area contributed by atoms with Crippen molar-refractivity contribution >= 4 is 33.3 Å². The van der Waals surface area contributed by atoms with E-state index in [1.807, 2.05) is 19.9 Å². The molecule has 0 saturated heterocycles. The summed E-state index contributed by atoms with van der Waals surface area (Å²) in [5, 5.41) is 2.89. The van der Waals surface area contributed by atoms with Gasteiger partial charge in [-0.3, -0.25) is 4.79 Å². The van der Waals surface area contributed by atoms with E-state index in [4.69, 9.17) is 0 Å². The highest BCUT2D eigenvalue weighted by atomic mass is 32.2. The fraction of sp³-hybridized carbons (Fsp3) is 0.500. The standard InChI is InChI=1S/C26H36N4O3S/c1-17(2)16-27-34(32,33)18-11-12-24-21(14-18)22(26(31)29-24)15-25-20(9-7-13-30(3)4)19-8-5-6-10-23(19)28-25/h11-12,14-15,17,27-28H,5-10,13,16H2,1-4H3,(H,29,31)/b22-15-. The Balaban J connectivity index is 1.71. The number of aromatic nitrogens is 1. The number of rotatable bonds is 9. The van der Waals surface area contributed by atoms with E-state index in [0.29, 0.717) is 23.4 Å². The van der Waals surface area contributed by atoms with Gasteiger partial charge in [-0.2, -0.15) is 0 Å². The molecule has 2 heterocycles. The molecule has 4 rings (SSSR count). The number of carbonyl (C=O) groups excluding carboxylic acids is 1. The molecular formula is C26H36N4O3S. The molecule has 0 saturated carbocycles. The minimum atomic E-state index is -3.65. The Morgan fingerprint density at radius 2 is 1.94 bits per heavy atom. The first kappa shape index (κ1) is 24.7. The Morgan fingerprint density at radius 1 is 1.18 bits per heavy atom. The van der Waals surface area contributed by atoms with E-state index < -0.39 is 10.0 Å². The van der Waals surface area contributed by atoms with E-state index in [1.54, 1.807) is 18.2 Å². The van der Waals surface area contributed by atoms with E-state index in [-0.39, 0.29) is 16.7 Å². The summed E-state index contributed by atoms with van der Waals surface area (Å²) in [4.78, 5) is 18.9. The molecule has 0 spiro atoms. The van der Waals surface area contributed by atoms with Crippen molar-refractivity contribution in [1.29, 1.82) is 0 Å². The number of aryl methyl sites for hydroxylation is 1. The maximum atomic E-state index is 12.9. The van der Waals surface area contributed by atoms with E-state index in [1.165, 1.54) is 29.7 Å². The Kier molecular flexibility index (Phi) is 7.31. The molecule has 184 valence electrons. The molecule has 0 fully saturated rings. The van der Waals surface area contributed by atoms with Gasteiger partial charge in [0.2, 0.25) is 10.0 Å². The highest BCUT2D eigenvalue weighted by Crippen LogP contribution is 2.37. The molecule has 8 heteroatoms. The van der Waals surface area contributed by atoms with Crippen LogP contribution in [0.4, 0.5) is 5.69 Å².